The number of nitrogens with one attached hydrogen (secondary N) is 1. The van der Waals surface area contributed by atoms with Crippen LogP contribution in [-0.2, 0) is 14.3 Å². The van der Waals surface area contributed by atoms with Crippen LogP contribution in [-0.4, -0.2) is 56.6 Å². The Balaban J connectivity index is 1.50. The number of anilines is 1. The molecule has 2 unspecified atom stereocenters. The molecule has 1 aromatic carbocycles. The molecule has 0 radical (unpaired) electrons. The third-order valence-electron chi connectivity index (χ3n) is 5.03. The first-order valence-corrected chi connectivity index (χ1v) is 9.48. The van der Waals surface area contributed by atoms with Crippen LogP contribution in [0, 0.1) is 5.92 Å². The van der Waals surface area contributed by atoms with Gasteiger partial charge in [0.1, 0.15) is 5.75 Å². The fourth-order valence-electron chi connectivity index (χ4n) is 3.41. The minimum Gasteiger partial charge on any atom is -0.482 e. The number of rotatable bonds is 7. The highest BCUT2D eigenvalue weighted by atomic mass is 16.6. The Labute approximate surface area is 171 Å². The Morgan fingerprint density at radius 2 is 2.07 bits per heavy atom. The van der Waals surface area contributed by atoms with Crippen LogP contribution in [0.25, 0.3) is 16.9 Å². The number of amides is 1. The average Bonchev–Trinajstić information content (AvgIpc) is 3.39. The summed E-state index contributed by atoms with van der Waals surface area (Å²) in [5, 5.41) is 11.5. The van der Waals surface area contributed by atoms with E-state index >= 15 is 0 Å². The molecule has 11 heteroatoms. The molecule has 156 valence electrons. The molecule has 2 atom stereocenters. The molecule has 3 aromatic rings. The molecule has 2 heterocycles. The van der Waals surface area contributed by atoms with E-state index in [1.54, 1.807) is 35.1 Å². The zero-order chi connectivity index (χ0) is 21.1. The van der Waals surface area contributed by atoms with Gasteiger partial charge in [-0.3, -0.25) is 4.79 Å². The van der Waals surface area contributed by atoms with Crippen molar-refractivity contribution in [1.82, 2.24) is 25.0 Å². The van der Waals surface area contributed by atoms with E-state index in [2.05, 4.69) is 30.3 Å². The number of benzene rings is 1. The number of esters is 1. The van der Waals surface area contributed by atoms with Crippen LogP contribution in [0.5, 0.6) is 5.75 Å². The molecule has 0 spiro atoms. The Kier molecular flexibility index (Phi) is 5.42. The highest BCUT2D eigenvalue weighted by molar-refractivity contribution is 5.77. The molecule has 1 aliphatic carbocycles. The van der Waals surface area contributed by atoms with Crippen molar-refractivity contribution < 1.29 is 19.1 Å². The van der Waals surface area contributed by atoms with Crippen molar-refractivity contribution in [3.05, 3.63) is 30.5 Å². The maximum atomic E-state index is 11.4. The van der Waals surface area contributed by atoms with Gasteiger partial charge in [0.2, 0.25) is 11.9 Å². The fourth-order valence-corrected chi connectivity index (χ4v) is 3.41. The molecule has 0 aliphatic heterocycles. The molecular weight excluding hydrogens is 390 g/mol. The first-order chi connectivity index (χ1) is 14.5. The van der Waals surface area contributed by atoms with Gasteiger partial charge in [-0.15, -0.1) is 5.10 Å². The van der Waals surface area contributed by atoms with E-state index in [1.807, 2.05) is 0 Å². The maximum absolute atomic E-state index is 11.4. The van der Waals surface area contributed by atoms with Crippen LogP contribution >= 0.6 is 0 Å². The van der Waals surface area contributed by atoms with Crippen LogP contribution < -0.4 is 15.8 Å². The van der Waals surface area contributed by atoms with Crippen molar-refractivity contribution in [3.63, 3.8) is 0 Å². The minimum absolute atomic E-state index is 0.0931. The van der Waals surface area contributed by atoms with Crippen LogP contribution in [0.15, 0.2) is 30.5 Å². The molecule has 30 heavy (non-hydrogen) atoms. The Bertz CT molecular complexity index is 1070. The first kappa shape index (κ1) is 19.6. The summed E-state index contributed by atoms with van der Waals surface area (Å²) in [5.41, 5.74) is 7.22. The number of fused-ring (bicyclic) bond motifs is 1. The van der Waals surface area contributed by atoms with Gasteiger partial charge in [-0.05, 0) is 43.5 Å². The van der Waals surface area contributed by atoms with Crippen molar-refractivity contribution in [1.29, 1.82) is 0 Å². The van der Waals surface area contributed by atoms with Crippen LogP contribution in [0.4, 0.5) is 5.95 Å². The second-order valence-corrected chi connectivity index (χ2v) is 7.02. The second kappa shape index (κ2) is 8.31. The van der Waals surface area contributed by atoms with E-state index in [4.69, 9.17) is 10.5 Å². The van der Waals surface area contributed by atoms with Gasteiger partial charge in [0.15, 0.2) is 17.8 Å². The number of nitrogens with two attached hydrogens (primary N) is 1. The number of hydrogen-bond donors (Lipinski definition) is 2. The third-order valence-corrected chi connectivity index (χ3v) is 5.03. The summed E-state index contributed by atoms with van der Waals surface area (Å²) in [6, 6.07) is 7.09. The van der Waals surface area contributed by atoms with Crippen molar-refractivity contribution in [3.8, 4) is 11.4 Å². The van der Waals surface area contributed by atoms with Crippen LogP contribution in [0.2, 0.25) is 0 Å². The minimum atomic E-state index is -0.456. The molecule has 1 fully saturated rings. The number of ether oxygens (including phenoxy) is 2. The lowest BCUT2D eigenvalue weighted by molar-refractivity contribution is -0.142. The first-order valence-electron chi connectivity index (χ1n) is 9.48. The number of primary amides is 1. The highest BCUT2D eigenvalue weighted by Gasteiger charge is 2.28. The monoisotopic (exact) mass is 411 g/mol. The van der Waals surface area contributed by atoms with Gasteiger partial charge in [0, 0.05) is 12.0 Å². The Hall–Kier alpha value is -3.76. The largest absolute Gasteiger partial charge is 0.482 e. The maximum Gasteiger partial charge on any atom is 0.343 e. The van der Waals surface area contributed by atoms with Crippen LogP contribution in [0.1, 0.15) is 19.3 Å². The summed E-state index contributed by atoms with van der Waals surface area (Å²) in [5.74, 6) is 0.132. The van der Waals surface area contributed by atoms with Crippen molar-refractivity contribution in [2.75, 3.05) is 19.0 Å². The van der Waals surface area contributed by atoms with E-state index in [-0.39, 0.29) is 24.5 Å². The van der Waals surface area contributed by atoms with Crippen molar-refractivity contribution in [2.45, 2.75) is 25.3 Å². The number of nitrogens with zero attached hydrogens (tertiary/aromatic N) is 5. The summed E-state index contributed by atoms with van der Waals surface area (Å²) in [6.07, 6.45) is 3.86. The molecule has 11 nitrogen and oxygen atoms in total. The lowest BCUT2D eigenvalue weighted by Gasteiger charge is -2.12. The molecule has 1 amide bonds. The zero-order valence-corrected chi connectivity index (χ0v) is 16.3. The normalized spacial score (nSPS) is 18.3. The molecular formula is C19H21N7O4. The predicted molar refractivity (Wildman–Crippen MR) is 106 cm³/mol. The summed E-state index contributed by atoms with van der Waals surface area (Å²) >= 11 is 0. The molecule has 0 saturated heterocycles. The summed E-state index contributed by atoms with van der Waals surface area (Å²) in [4.78, 5) is 31.4. The quantitative estimate of drug-likeness (QED) is 0.539. The standard InChI is InChI=1S/C19H21N7O4/c1-29-16(27)10-30-14-6-4-13(5-7-14)26-18-15(24-25-26)9-21-19(23-18)22-12-3-2-11(8-12)17(20)28/h4-7,9,11-12H,2-3,8,10H2,1H3,(H2,20,28)(H,21,22,23). The average molecular weight is 411 g/mol. The van der Waals surface area contributed by atoms with Gasteiger partial charge in [0.05, 0.1) is 19.0 Å². The van der Waals surface area contributed by atoms with Gasteiger partial charge in [-0.2, -0.15) is 9.67 Å². The SMILES string of the molecule is COC(=O)COc1ccc(-n2nnc3cnc(NC4CCC(C(N)=O)C4)nc32)cc1. The molecule has 1 saturated carbocycles. The lowest BCUT2D eigenvalue weighted by Crippen LogP contribution is -2.23. The Morgan fingerprint density at radius 3 is 2.77 bits per heavy atom. The fraction of sp³-hybridized carbons (Fsp3) is 0.368. The highest BCUT2D eigenvalue weighted by Crippen LogP contribution is 2.27. The zero-order valence-electron chi connectivity index (χ0n) is 16.3. The van der Waals surface area contributed by atoms with Gasteiger partial charge >= 0.3 is 5.97 Å². The van der Waals surface area contributed by atoms with Gasteiger partial charge in [-0.25, -0.2) is 9.78 Å². The van der Waals surface area contributed by atoms with Crippen LogP contribution in [0.3, 0.4) is 0 Å². The van der Waals surface area contributed by atoms with E-state index < -0.39 is 5.97 Å². The van der Waals surface area contributed by atoms with E-state index in [1.165, 1.54) is 7.11 Å². The molecule has 1 aliphatic rings. The second-order valence-electron chi connectivity index (χ2n) is 7.02. The van der Waals surface area contributed by atoms with Gasteiger partial charge in [-0.1, -0.05) is 5.21 Å². The number of carbonyl (C=O) groups excluding carboxylic acids is 2. The van der Waals surface area contributed by atoms with E-state index in [9.17, 15) is 9.59 Å². The third kappa shape index (κ3) is 4.14. The molecule has 3 N–H and O–H groups in total. The topological polar surface area (TPSA) is 147 Å². The summed E-state index contributed by atoms with van der Waals surface area (Å²) < 4.78 is 11.5. The summed E-state index contributed by atoms with van der Waals surface area (Å²) in [6.45, 7) is -0.165. The Morgan fingerprint density at radius 1 is 1.27 bits per heavy atom. The predicted octanol–water partition coefficient (Wildman–Crippen LogP) is 0.828. The summed E-state index contributed by atoms with van der Waals surface area (Å²) in [7, 11) is 1.30. The number of carbonyl (C=O) groups is 2. The van der Waals surface area contributed by atoms with Crippen molar-refractivity contribution >= 4 is 29.0 Å². The van der Waals surface area contributed by atoms with Gasteiger partial charge in [0.25, 0.3) is 0 Å². The van der Waals surface area contributed by atoms with Gasteiger partial charge < -0.3 is 20.5 Å². The number of aromatic nitrogens is 5. The van der Waals surface area contributed by atoms with E-state index in [0.717, 1.165) is 18.5 Å². The van der Waals surface area contributed by atoms with E-state index in [0.29, 0.717) is 29.3 Å². The molecule has 4 rings (SSSR count). The number of hydrogen-bond acceptors (Lipinski definition) is 9. The molecule has 2 aromatic heterocycles. The lowest BCUT2D eigenvalue weighted by atomic mass is 10.1. The van der Waals surface area contributed by atoms with Crippen molar-refractivity contribution in [2.24, 2.45) is 11.7 Å². The molecule has 0 bridgehead atoms. The smallest absolute Gasteiger partial charge is 0.343 e. The number of methoxy groups -OCH3 is 1.